The first kappa shape index (κ1) is 15.5. The molecule has 0 saturated heterocycles. The topological polar surface area (TPSA) is 106 Å². The summed E-state index contributed by atoms with van der Waals surface area (Å²) in [5, 5.41) is 10.9. The summed E-state index contributed by atoms with van der Waals surface area (Å²) in [4.78, 5) is 26.7. The first-order valence-corrected chi connectivity index (χ1v) is 6.83. The average Bonchev–Trinajstić information content (AvgIpc) is 3.08. The van der Waals surface area contributed by atoms with Crippen LogP contribution in [0.15, 0.2) is 24.1 Å². The maximum atomic E-state index is 12.5. The second-order valence-corrected chi connectivity index (χ2v) is 4.91. The second kappa shape index (κ2) is 5.69. The van der Waals surface area contributed by atoms with Crippen LogP contribution < -0.4 is 14.2 Å². The standard InChI is InChI=1S/C15H13N3O6/c1-17-11(16-7-12(17)18(20)21)6-10-13(19)8-4-5-9(22-2)15(23-3)14(8)24-10/h4-7H,1-3H3/b10-6+. The number of fused-ring (bicyclic) bond motifs is 1. The summed E-state index contributed by atoms with van der Waals surface area (Å²) in [6.45, 7) is 0. The zero-order valence-electron chi connectivity index (χ0n) is 13.1. The van der Waals surface area contributed by atoms with Gasteiger partial charge in [-0.15, -0.1) is 0 Å². The molecule has 0 spiro atoms. The Kier molecular flexibility index (Phi) is 3.68. The highest BCUT2D eigenvalue weighted by atomic mass is 16.6. The highest BCUT2D eigenvalue weighted by molar-refractivity contribution is 6.15. The van der Waals surface area contributed by atoms with Crippen LogP contribution in [0.1, 0.15) is 16.2 Å². The van der Waals surface area contributed by atoms with Gasteiger partial charge in [0.25, 0.3) is 0 Å². The smallest absolute Gasteiger partial charge is 0.342 e. The van der Waals surface area contributed by atoms with Gasteiger partial charge in [0.05, 0.1) is 32.9 Å². The lowest BCUT2D eigenvalue weighted by molar-refractivity contribution is -0.391. The van der Waals surface area contributed by atoms with Crippen LogP contribution >= 0.6 is 0 Å². The molecule has 2 heterocycles. The van der Waals surface area contributed by atoms with Crippen molar-refractivity contribution in [1.29, 1.82) is 0 Å². The predicted octanol–water partition coefficient (Wildman–Crippen LogP) is 1.96. The molecule has 24 heavy (non-hydrogen) atoms. The largest absolute Gasteiger partial charge is 0.493 e. The molecule has 1 aliphatic rings. The van der Waals surface area contributed by atoms with Crippen LogP contribution in [0.4, 0.5) is 5.82 Å². The molecule has 9 heteroatoms. The molecule has 0 radical (unpaired) electrons. The fourth-order valence-electron chi connectivity index (χ4n) is 2.40. The van der Waals surface area contributed by atoms with Crippen LogP contribution in [-0.2, 0) is 7.05 Å². The van der Waals surface area contributed by atoms with Gasteiger partial charge in [-0.2, -0.15) is 0 Å². The fraction of sp³-hybridized carbons (Fsp3) is 0.200. The molecule has 1 aromatic carbocycles. The fourth-order valence-corrected chi connectivity index (χ4v) is 2.40. The van der Waals surface area contributed by atoms with E-state index in [0.717, 1.165) is 6.20 Å². The Morgan fingerprint density at radius 3 is 2.67 bits per heavy atom. The molecule has 3 rings (SSSR count). The molecule has 0 aliphatic carbocycles. The third-order valence-electron chi connectivity index (χ3n) is 3.63. The summed E-state index contributed by atoms with van der Waals surface area (Å²) >= 11 is 0. The number of ether oxygens (including phenoxy) is 3. The van der Waals surface area contributed by atoms with Gasteiger partial charge < -0.3 is 24.3 Å². The van der Waals surface area contributed by atoms with Gasteiger partial charge in [-0.25, -0.2) is 9.55 Å². The molecule has 9 nitrogen and oxygen atoms in total. The van der Waals surface area contributed by atoms with E-state index < -0.39 is 4.92 Å². The van der Waals surface area contributed by atoms with Crippen LogP contribution in [0, 0.1) is 10.1 Å². The van der Waals surface area contributed by atoms with Gasteiger partial charge in [-0.05, 0) is 17.1 Å². The lowest BCUT2D eigenvalue weighted by Gasteiger charge is -2.10. The minimum absolute atomic E-state index is 0.000140. The third-order valence-corrected chi connectivity index (χ3v) is 3.63. The molecule has 1 aliphatic heterocycles. The number of nitro groups is 1. The summed E-state index contributed by atoms with van der Waals surface area (Å²) in [5.74, 6) is 0.650. The maximum Gasteiger partial charge on any atom is 0.342 e. The Bertz CT molecular complexity index is 884. The SMILES string of the molecule is COc1ccc2c(c1OC)O/C(=C/c1ncc([N+](=O)[O-])n1C)C2=O. The number of hydrogen-bond donors (Lipinski definition) is 0. The van der Waals surface area contributed by atoms with Crippen molar-refractivity contribution in [3.63, 3.8) is 0 Å². The normalized spacial score (nSPS) is 14.5. The summed E-state index contributed by atoms with van der Waals surface area (Å²) in [6.07, 6.45) is 2.46. The van der Waals surface area contributed by atoms with Gasteiger partial charge in [-0.3, -0.25) is 4.79 Å². The van der Waals surface area contributed by atoms with Gasteiger partial charge in [0, 0.05) is 0 Å². The van der Waals surface area contributed by atoms with Crippen LogP contribution in [0.2, 0.25) is 0 Å². The quantitative estimate of drug-likeness (QED) is 0.479. The van der Waals surface area contributed by atoms with E-state index in [1.807, 2.05) is 0 Å². The molecule has 1 aromatic heterocycles. The van der Waals surface area contributed by atoms with Crippen molar-refractivity contribution in [2.24, 2.45) is 7.05 Å². The van der Waals surface area contributed by atoms with Crippen molar-refractivity contribution in [3.8, 4) is 17.2 Å². The molecule has 0 atom stereocenters. The number of hydrogen-bond acceptors (Lipinski definition) is 7. The van der Waals surface area contributed by atoms with Gasteiger partial charge >= 0.3 is 5.82 Å². The van der Waals surface area contributed by atoms with Crippen molar-refractivity contribution >= 4 is 17.7 Å². The van der Waals surface area contributed by atoms with Gasteiger partial charge in [0.2, 0.25) is 17.4 Å². The van der Waals surface area contributed by atoms with Gasteiger partial charge in [0.1, 0.15) is 6.20 Å². The average molecular weight is 331 g/mol. The second-order valence-electron chi connectivity index (χ2n) is 4.91. The molecule has 0 N–H and O–H groups in total. The van der Waals surface area contributed by atoms with E-state index in [4.69, 9.17) is 14.2 Å². The van der Waals surface area contributed by atoms with Crippen molar-refractivity contribution in [3.05, 3.63) is 45.6 Å². The van der Waals surface area contributed by atoms with Gasteiger partial charge in [0.15, 0.2) is 17.3 Å². The van der Waals surface area contributed by atoms with E-state index >= 15 is 0 Å². The Hall–Kier alpha value is -3.36. The van der Waals surface area contributed by atoms with Crippen LogP contribution in [0.3, 0.4) is 0 Å². The number of ketones is 1. The molecule has 2 aromatic rings. The summed E-state index contributed by atoms with van der Waals surface area (Å²) in [6, 6.07) is 3.17. The van der Waals surface area contributed by atoms with Crippen LogP contribution in [-0.4, -0.2) is 34.5 Å². The highest BCUT2D eigenvalue weighted by Gasteiger charge is 2.33. The third kappa shape index (κ3) is 2.26. The molecule has 124 valence electrons. The Labute approximate surface area is 136 Å². The van der Waals surface area contributed by atoms with Crippen LogP contribution in [0.5, 0.6) is 17.2 Å². The summed E-state index contributed by atoms with van der Waals surface area (Å²) in [5.41, 5.74) is 0.322. The first-order valence-electron chi connectivity index (χ1n) is 6.83. The zero-order chi connectivity index (χ0) is 17.4. The Balaban J connectivity index is 2.04. The molecular formula is C15H13N3O6. The van der Waals surface area contributed by atoms with E-state index in [9.17, 15) is 14.9 Å². The number of rotatable bonds is 4. The number of allylic oxidation sites excluding steroid dienone is 1. The zero-order valence-corrected chi connectivity index (χ0v) is 13.1. The van der Waals surface area contributed by atoms with E-state index in [0.29, 0.717) is 17.1 Å². The molecule has 0 unspecified atom stereocenters. The Morgan fingerprint density at radius 1 is 1.33 bits per heavy atom. The van der Waals surface area contributed by atoms with Crippen molar-refractivity contribution in [2.45, 2.75) is 0 Å². The number of benzene rings is 1. The van der Waals surface area contributed by atoms with E-state index in [2.05, 4.69) is 4.98 Å². The predicted molar refractivity (Wildman–Crippen MR) is 82.3 cm³/mol. The first-order chi connectivity index (χ1) is 11.5. The molecule has 0 bridgehead atoms. The number of carbonyl (C=O) groups is 1. The van der Waals surface area contributed by atoms with E-state index in [1.165, 1.54) is 31.9 Å². The maximum absolute atomic E-state index is 12.5. The highest BCUT2D eigenvalue weighted by Crippen LogP contribution is 2.45. The molecular weight excluding hydrogens is 318 g/mol. The lowest BCUT2D eigenvalue weighted by Crippen LogP contribution is -2.02. The lowest BCUT2D eigenvalue weighted by atomic mass is 10.1. The van der Waals surface area contributed by atoms with Crippen molar-refractivity contribution in [1.82, 2.24) is 9.55 Å². The van der Waals surface area contributed by atoms with E-state index in [1.54, 1.807) is 12.1 Å². The minimum atomic E-state index is -0.561. The monoisotopic (exact) mass is 331 g/mol. The van der Waals surface area contributed by atoms with Crippen molar-refractivity contribution < 1.29 is 23.9 Å². The van der Waals surface area contributed by atoms with Crippen LogP contribution in [0.25, 0.3) is 6.08 Å². The minimum Gasteiger partial charge on any atom is -0.493 e. The molecule has 0 saturated carbocycles. The van der Waals surface area contributed by atoms with Gasteiger partial charge in [-0.1, -0.05) is 0 Å². The summed E-state index contributed by atoms with van der Waals surface area (Å²) in [7, 11) is 4.40. The Morgan fingerprint density at radius 2 is 2.08 bits per heavy atom. The number of nitrogens with zero attached hydrogens (tertiary/aromatic N) is 3. The number of Topliss-reactive ketones (excluding diaryl/α,β-unsaturated/α-hetero) is 1. The molecule has 0 amide bonds. The number of methoxy groups -OCH3 is 2. The number of carbonyl (C=O) groups excluding carboxylic acids is 1. The van der Waals surface area contributed by atoms with Crippen molar-refractivity contribution in [2.75, 3.05) is 14.2 Å². The molecule has 0 fully saturated rings. The number of aromatic nitrogens is 2. The summed E-state index contributed by atoms with van der Waals surface area (Å²) < 4.78 is 17.3. The van der Waals surface area contributed by atoms with E-state index in [-0.39, 0.29) is 28.9 Å². The number of imidazole rings is 1.